The summed E-state index contributed by atoms with van der Waals surface area (Å²) in [4.78, 5) is 32.6. The Bertz CT molecular complexity index is 2370. The van der Waals surface area contributed by atoms with Gasteiger partial charge in [0.2, 0.25) is 10.0 Å². The van der Waals surface area contributed by atoms with E-state index < -0.39 is 39.0 Å². The van der Waals surface area contributed by atoms with Crippen LogP contribution in [0.25, 0.3) is 0 Å². The average molecular weight is 910 g/mol. The molecule has 1 fully saturated rings. The van der Waals surface area contributed by atoms with Crippen LogP contribution in [0.5, 0.6) is 11.5 Å². The minimum atomic E-state index is -5.30. The normalized spacial score (nSPS) is 22.5. The lowest BCUT2D eigenvalue weighted by Gasteiger charge is -2.51. The molecular formula is C48H55ClF3N3O7S. The van der Waals surface area contributed by atoms with Crippen molar-refractivity contribution in [1.29, 1.82) is 0 Å². The highest BCUT2D eigenvalue weighted by molar-refractivity contribution is 7.88. The molecule has 1 amide bonds. The van der Waals surface area contributed by atoms with Gasteiger partial charge in [-0.2, -0.15) is 13.2 Å². The first kappa shape index (κ1) is 46.3. The summed E-state index contributed by atoms with van der Waals surface area (Å²) in [6.45, 7) is 5.21. The van der Waals surface area contributed by atoms with Gasteiger partial charge in [0.05, 0.1) is 26.1 Å². The first-order chi connectivity index (χ1) is 30.0. The second-order valence-electron chi connectivity index (χ2n) is 17.5. The van der Waals surface area contributed by atoms with Crippen molar-refractivity contribution in [2.45, 2.75) is 107 Å². The van der Waals surface area contributed by atoms with Gasteiger partial charge in [0.1, 0.15) is 17.0 Å². The number of esters is 1. The molecule has 1 saturated carbocycles. The van der Waals surface area contributed by atoms with Crippen LogP contribution in [0.15, 0.2) is 85.1 Å². The number of alkyl halides is 3. The van der Waals surface area contributed by atoms with Crippen molar-refractivity contribution in [3.63, 3.8) is 0 Å². The van der Waals surface area contributed by atoms with Gasteiger partial charge in [-0.3, -0.25) is 14.7 Å². The summed E-state index contributed by atoms with van der Waals surface area (Å²) in [7, 11) is -2.43. The summed E-state index contributed by atoms with van der Waals surface area (Å²) in [5.41, 5.74) is 2.29. The molecule has 338 valence electrons. The Hall–Kier alpha value is -4.66. The lowest BCUT2D eigenvalue weighted by atomic mass is 9.59. The molecule has 3 atom stereocenters. The number of fused-ring (bicyclic) bond motifs is 3. The van der Waals surface area contributed by atoms with E-state index in [0.29, 0.717) is 41.6 Å². The molecule has 1 spiro atoms. The van der Waals surface area contributed by atoms with Gasteiger partial charge in [-0.25, -0.2) is 17.9 Å². The first-order valence-corrected chi connectivity index (χ1v) is 23.7. The number of anilines is 1. The van der Waals surface area contributed by atoms with Gasteiger partial charge in [0.15, 0.2) is 0 Å². The van der Waals surface area contributed by atoms with Crippen LogP contribution in [-0.4, -0.2) is 63.9 Å². The summed E-state index contributed by atoms with van der Waals surface area (Å²) in [5, 5.41) is 0.111. The largest absolute Gasteiger partial charge is 0.494 e. The number of aromatic nitrogens is 1. The van der Waals surface area contributed by atoms with Gasteiger partial charge in [-0.05, 0) is 140 Å². The minimum absolute atomic E-state index is 0.0132. The number of benzene rings is 3. The summed E-state index contributed by atoms with van der Waals surface area (Å²) in [6, 6.07) is 22.3. The Labute approximate surface area is 372 Å². The van der Waals surface area contributed by atoms with Crippen LogP contribution in [0.2, 0.25) is 5.02 Å². The Balaban J connectivity index is 1.14. The van der Waals surface area contributed by atoms with Crippen molar-refractivity contribution < 1.29 is 45.4 Å². The van der Waals surface area contributed by atoms with Gasteiger partial charge in [-0.15, -0.1) is 0 Å². The lowest BCUT2D eigenvalue weighted by Crippen LogP contribution is -2.63. The van der Waals surface area contributed by atoms with E-state index in [1.54, 1.807) is 30.5 Å². The average Bonchev–Trinajstić information content (AvgIpc) is 3.53. The molecule has 4 aromatic rings. The van der Waals surface area contributed by atoms with Gasteiger partial charge in [-0.1, -0.05) is 67.9 Å². The Morgan fingerprint density at radius 1 is 1.00 bits per heavy atom. The summed E-state index contributed by atoms with van der Waals surface area (Å²) in [6.07, 6.45) is 1.75. The van der Waals surface area contributed by atoms with E-state index in [9.17, 15) is 31.2 Å². The molecule has 0 bridgehead atoms. The van der Waals surface area contributed by atoms with Crippen molar-refractivity contribution >= 4 is 39.2 Å². The summed E-state index contributed by atoms with van der Waals surface area (Å²) in [5.74, 6) is -1.38. The fraction of sp³-hybridized carbons (Fsp3) is 0.479. The predicted molar refractivity (Wildman–Crippen MR) is 236 cm³/mol. The van der Waals surface area contributed by atoms with E-state index in [0.717, 1.165) is 55.4 Å². The quantitative estimate of drug-likeness (QED) is 0.0871. The molecule has 3 aliphatic carbocycles. The highest BCUT2D eigenvalue weighted by Crippen LogP contribution is 2.58. The molecule has 0 aliphatic heterocycles. The van der Waals surface area contributed by atoms with Crippen LogP contribution >= 0.6 is 11.6 Å². The number of nitrogens with one attached hydrogen (secondary N) is 1. The molecule has 1 aromatic heterocycles. The van der Waals surface area contributed by atoms with E-state index in [-0.39, 0.29) is 67.1 Å². The fourth-order valence-corrected chi connectivity index (χ4v) is 11.6. The first-order valence-electron chi connectivity index (χ1n) is 21.7. The van der Waals surface area contributed by atoms with Crippen molar-refractivity contribution in [2.75, 3.05) is 31.8 Å². The maximum atomic E-state index is 14.5. The molecule has 0 saturated heterocycles. The highest BCUT2D eigenvalue weighted by atomic mass is 35.5. The summed E-state index contributed by atoms with van der Waals surface area (Å²) >= 11 is 6.26. The number of carbonyl (C=O) groups is 2. The number of sulfonamides is 1. The number of carbonyl (C=O) groups excluding carboxylic acids is 2. The Morgan fingerprint density at radius 3 is 2.48 bits per heavy atom. The number of amides is 1. The van der Waals surface area contributed by atoms with Gasteiger partial charge < -0.3 is 14.2 Å². The monoisotopic (exact) mass is 909 g/mol. The predicted octanol–water partition coefficient (Wildman–Crippen LogP) is 9.66. The lowest BCUT2D eigenvalue weighted by molar-refractivity contribution is -0.174. The van der Waals surface area contributed by atoms with Crippen LogP contribution in [0.3, 0.4) is 0 Å². The van der Waals surface area contributed by atoms with Crippen molar-refractivity contribution in [1.82, 2.24) is 9.71 Å². The number of hydrogen-bond acceptors (Lipinski definition) is 8. The van der Waals surface area contributed by atoms with Crippen LogP contribution in [0.1, 0.15) is 99.1 Å². The zero-order valence-electron chi connectivity index (χ0n) is 35.9. The van der Waals surface area contributed by atoms with Gasteiger partial charge >= 0.3 is 18.1 Å². The van der Waals surface area contributed by atoms with E-state index in [1.807, 2.05) is 30.3 Å². The topological polar surface area (TPSA) is 124 Å². The molecule has 3 aromatic carbocycles. The molecular weight excluding hydrogens is 855 g/mol. The number of pyridine rings is 1. The Kier molecular flexibility index (Phi) is 14.1. The number of aryl methyl sites for hydroxylation is 1. The number of methoxy groups -OCH3 is 1. The maximum Gasteiger partial charge on any atom is 0.471 e. The number of hydrogen-bond donors (Lipinski definition) is 1. The SMILES string of the molecule is COC(=O)C1(N(C(=O)C(F)(F)F)c2cccc(Cl)c2)CCC2(CC1)c1cc(OCCCNS(=O)(=O)Cc3ccccc3)ccc1C[C@@H]2C[C@@H](C)COc1ccnc2c1[C@H](C)CCC2. The smallest absolute Gasteiger partial charge is 0.471 e. The molecule has 1 heterocycles. The third-order valence-electron chi connectivity index (χ3n) is 13.2. The molecule has 10 nitrogen and oxygen atoms in total. The second kappa shape index (κ2) is 19.2. The molecule has 15 heteroatoms. The second-order valence-corrected chi connectivity index (χ2v) is 19.7. The zero-order chi connectivity index (χ0) is 45.0. The van der Waals surface area contributed by atoms with Gasteiger partial charge in [0, 0.05) is 34.7 Å². The molecule has 7 rings (SSSR count). The van der Waals surface area contributed by atoms with Crippen LogP contribution in [-0.2, 0) is 48.4 Å². The molecule has 0 radical (unpaired) electrons. The van der Waals surface area contributed by atoms with Crippen LogP contribution < -0.4 is 19.1 Å². The Morgan fingerprint density at radius 2 is 1.76 bits per heavy atom. The van der Waals surface area contributed by atoms with Crippen LogP contribution in [0.4, 0.5) is 18.9 Å². The minimum Gasteiger partial charge on any atom is -0.494 e. The van der Waals surface area contributed by atoms with E-state index in [1.165, 1.54) is 29.8 Å². The standard InChI is InChI=1S/C48H55ClF3N3O7S/c1-32(30-62-42-18-24-53-41-15-7-10-33(2)43(41)42)26-36-27-35-16-17-39(61-25-9-23-54-63(58,59)31-34-11-5-4-6-12-34)29-40(35)46(36)19-21-47(22-20-46,45(57)60-3)55(44(56)48(50,51)52)38-14-8-13-37(49)28-38/h4-6,8,11-14,16-18,24,28-29,32-33,36,54H,7,9-10,15,19-23,25-27,30-31H2,1-3H3/t32-,33-,36+,46?,47?/m1/s1. The number of nitrogens with zero attached hydrogens (tertiary/aromatic N) is 2. The number of rotatable bonds is 16. The van der Waals surface area contributed by atoms with Gasteiger partial charge in [0.25, 0.3) is 0 Å². The van der Waals surface area contributed by atoms with Crippen molar-refractivity contribution in [3.8, 4) is 11.5 Å². The fourth-order valence-electron chi connectivity index (χ4n) is 10.3. The van der Waals surface area contributed by atoms with E-state index in [4.69, 9.17) is 25.8 Å². The summed E-state index contributed by atoms with van der Waals surface area (Å²) < 4.78 is 89.4. The molecule has 0 unspecified atom stereocenters. The maximum absolute atomic E-state index is 14.5. The molecule has 1 N–H and O–H groups in total. The molecule has 3 aliphatic rings. The number of ether oxygens (including phenoxy) is 3. The van der Waals surface area contributed by atoms with Crippen molar-refractivity contribution in [2.24, 2.45) is 11.8 Å². The third kappa shape index (κ3) is 10.2. The van der Waals surface area contributed by atoms with Crippen molar-refractivity contribution in [3.05, 3.63) is 118 Å². The van der Waals surface area contributed by atoms with E-state index >= 15 is 0 Å². The third-order valence-corrected chi connectivity index (χ3v) is 14.8. The van der Waals surface area contributed by atoms with Crippen LogP contribution in [0, 0.1) is 11.8 Å². The number of halogens is 4. The highest BCUT2D eigenvalue weighted by Gasteiger charge is 2.60. The van der Waals surface area contributed by atoms with E-state index in [2.05, 4.69) is 23.6 Å². The molecule has 63 heavy (non-hydrogen) atoms. The zero-order valence-corrected chi connectivity index (χ0v) is 37.5.